The lowest BCUT2D eigenvalue weighted by atomic mass is 10.0. The highest BCUT2D eigenvalue weighted by Crippen LogP contribution is 2.30. The van der Waals surface area contributed by atoms with Crippen molar-refractivity contribution in [2.45, 2.75) is 13.0 Å². The summed E-state index contributed by atoms with van der Waals surface area (Å²) >= 11 is 5.96. The van der Waals surface area contributed by atoms with Gasteiger partial charge in [-0.3, -0.25) is 14.4 Å². The molecular weight excluding hydrogens is 354 g/mol. The van der Waals surface area contributed by atoms with Gasteiger partial charge >= 0.3 is 0 Å². The number of nitrogens with zero attached hydrogens (tertiary/aromatic N) is 4. The van der Waals surface area contributed by atoms with Crippen LogP contribution < -0.4 is 5.32 Å². The van der Waals surface area contributed by atoms with Crippen molar-refractivity contribution in [1.29, 1.82) is 0 Å². The summed E-state index contributed by atoms with van der Waals surface area (Å²) in [7, 11) is 1.81. The molecule has 0 unspecified atom stereocenters. The van der Waals surface area contributed by atoms with Gasteiger partial charge in [-0.2, -0.15) is 5.10 Å². The Hall–Kier alpha value is -2.64. The topological polar surface area (TPSA) is 76.2 Å². The van der Waals surface area contributed by atoms with E-state index in [1.807, 2.05) is 31.3 Å². The molecule has 0 aliphatic carbocycles. The summed E-state index contributed by atoms with van der Waals surface area (Å²) in [6.07, 6.45) is 4.13. The molecular formula is C18H18ClN5O2. The van der Waals surface area contributed by atoms with Crippen molar-refractivity contribution in [3.8, 4) is 11.3 Å². The molecule has 8 heteroatoms. The highest BCUT2D eigenvalue weighted by atomic mass is 35.5. The van der Waals surface area contributed by atoms with Gasteiger partial charge in [0.25, 0.3) is 0 Å². The minimum absolute atomic E-state index is 0.0639. The van der Waals surface area contributed by atoms with E-state index >= 15 is 0 Å². The maximum absolute atomic E-state index is 12.3. The second-order valence-corrected chi connectivity index (χ2v) is 6.79. The van der Waals surface area contributed by atoms with Gasteiger partial charge in [0.2, 0.25) is 5.91 Å². The van der Waals surface area contributed by atoms with Crippen molar-refractivity contribution in [3.05, 3.63) is 53.0 Å². The zero-order chi connectivity index (χ0) is 18.1. The fourth-order valence-electron chi connectivity index (χ4n) is 3.12. The molecule has 0 saturated heterocycles. The molecule has 0 fully saturated rings. The number of nitrogens with one attached hydrogen (secondary N) is 1. The van der Waals surface area contributed by atoms with Crippen LogP contribution in [0, 0.1) is 0 Å². The van der Waals surface area contributed by atoms with Crippen molar-refractivity contribution in [2.24, 2.45) is 7.05 Å². The number of anilines is 1. The fourth-order valence-corrected chi connectivity index (χ4v) is 3.25. The largest absolute Gasteiger partial charge is 0.360 e. The maximum Gasteiger partial charge on any atom is 0.238 e. The summed E-state index contributed by atoms with van der Waals surface area (Å²) in [6, 6.07) is 7.52. The molecule has 1 aliphatic heterocycles. The minimum Gasteiger partial charge on any atom is -0.360 e. The van der Waals surface area contributed by atoms with Crippen LogP contribution in [0.3, 0.4) is 0 Å². The zero-order valence-corrected chi connectivity index (χ0v) is 15.0. The van der Waals surface area contributed by atoms with Gasteiger partial charge in [0.05, 0.1) is 18.4 Å². The van der Waals surface area contributed by atoms with Gasteiger partial charge in [-0.05, 0) is 12.1 Å². The van der Waals surface area contributed by atoms with Gasteiger partial charge in [0.1, 0.15) is 11.5 Å². The van der Waals surface area contributed by atoms with E-state index < -0.39 is 0 Å². The number of benzene rings is 1. The lowest BCUT2D eigenvalue weighted by molar-refractivity contribution is -0.117. The first-order valence-electron chi connectivity index (χ1n) is 8.33. The fraction of sp³-hybridized carbons (Fsp3) is 0.278. The van der Waals surface area contributed by atoms with E-state index in [-0.39, 0.29) is 5.91 Å². The van der Waals surface area contributed by atoms with Gasteiger partial charge in [0, 0.05) is 48.9 Å². The second-order valence-electron chi connectivity index (χ2n) is 6.35. The lowest BCUT2D eigenvalue weighted by Crippen LogP contribution is -2.36. The Morgan fingerprint density at radius 1 is 1.35 bits per heavy atom. The second kappa shape index (κ2) is 6.93. The van der Waals surface area contributed by atoms with Crippen molar-refractivity contribution in [1.82, 2.24) is 19.8 Å². The van der Waals surface area contributed by atoms with Gasteiger partial charge < -0.3 is 9.84 Å². The van der Waals surface area contributed by atoms with Crippen LogP contribution in [0.25, 0.3) is 11.3 Å². The van der Waals surface area contributed by atoms with Gasteiger partial charge in [-0.1, -0.05) is 28.9 Å². The average molecular weight is 372 g/mol. The quantitative estimate of drug-likeness (QED) is 0.763. The number of carbonyl (C=O) groups is 1. The third kappa shape index (κ3) is 3.49. The van der Waals surface area contributed by atoms with Crippen molar-refractivity contribution >= 4 is 23.2 Å². The average Bonchev–Trinajstić information content (AvgIpc) is 3.21. The Morgan fingerprint density at radius 2 is 2.15 bits per heavy atom. The molecule has 134 valence electrons. The van der Waals surface area contributed by atoms with Crippen LogP contribution in [0.4, 0.5) is 5.69 Å². The molecule has 0 radical (unpaired) electrons. The molecule has 1 aromatic carbocycles. The summed E-state index contributed by atoms with van der Waals surface area (Å²) < 4.78 is 7.15. The normalized spacial score (nSPS) is 14.2. The van der Waals surface area contributed by atoms with Crippen LogP contribution in [0.5, 0.6) is 0 Å². The molecule has 2 aromatic heterocycles. The molecule has 4 rings (SSSR count). The van der Waals surface area contributed by atoms with Crippen LogP contribution in [0.15, 0.2) is 41.2 Å². The monoisotopic (exact) mass is 371 g/mol. The maximum atomic E-state index is 12.3. The number of fused-ring (bicyclic) bond motifs is 1. The first kappa shape index (κ1) is 16.8. The summed E-state index contributed by atoms with van der Waals surface area (Å²) in [4.78, 5) is 14.4. The van der Waals surface area contributed by atoms with E-state index in [1.165, 1.54) is 0 Å². The highest BCUT2D eigenvalue weighted by Gasteiger charge is 2.26. The molecule has 26 heavy (non-hydrogen) atoms. The zero-order valence-electron chi connectivity index (χ0n) is 14.3. The molecule has 0 atom stereocenters. The molecule has 7 nitrogen and oxygen atoms in total. The number of hydrogen-bond acceptors (Lipinski definition) is 5. The summed E-state index contributed by atoms with van der Waals surface area (Å²) in [5, 5.41) is 11.8. The summed E-state index contributed by atoms with van der Waals surface area (Å²) in [5.74, 6) is 0.824. The minimum atomic E-state index is -0.0639. The van der Waals surface area contributed by atoms with Crippen LogP contribution in [-0.4, -0.2) is 38.8 Å². The molecule has 1 amide bonds. The number of aromatic nitrogens is 3. The summed E-state index contributed by atoms with van der Waals surface area (Å²) in [6.45, 7) is 1.68. The Morgan fingerprint density at radius 3 is 2.88 bits per heavy atom. The van der Waals surface area contributed by atoms with Crippen LogP contribution >= 0.6 is 11.6 Å². The number of rotatable bonds is 4. The highest BCUT2D eigenvalue weighted by molar-refractivity contribution is 6.30. The Bertz CT molecular complexity index is 931. The van der Waals surface area contributed by atoms with Gasteiger partial charge in [-0.25, -0.2) is 0 Å². The first-order chi connectivity index (χ1) is 12.6. The van der Waals surface area contributed by atoms with Crippen molar-refractivity contribution < 1.29 is 9.32 Å². The third-order valence-electron chi connectivity index (χ3n) is 4.38. The number of aryl methyl sites for hydroxylation is 1. The smallest absolute Gasteiger partial charge is 0.238 e. The Balaban J connectivity index is 1.46. The van der Waals surface area contributed by atoms with Crippen LogP contribution in [0.1, 0.15) is 11.3 Å². The van der Waals surface area contributed by atoms with Crippen LogP contribution in [-0.2, 0) is 24.8 Å². The number of halogens is 1. The molecule has 3 heterocycles. The van der Waals surface area contributed by atoms with Crippen molar-refractivity contribution in [2.75, 3.05) is 18.4 Å². The molecule has 0 saturated carbocycles. The first-order valence-corrected chi connectivity index (χ1v) is 8.70. The molecule has 3 aromatic rings. The number of amides is 1. The predicted molar refractivity (Wildman–Crippen MR) is 97.8 cm³/mol. The standard InChI is InChI=1S/C18H18ClN5O2/c1-23-9-14(8-20-23)21-17(25)11-24-7-6-16-15(10-24)18(22-26-16)12-2-4-13(19)5-3-12/h2-5,8-9H,6-7,10-11H2,1H3,(H,21,25). The van der Waals surface area contributed by atoms with Crippen molar-refractivity contribution in [3.63, 3.8) is 0 Å². The third-order valence-corrected chi connectivity index (χ3v) is 4.63. The van der Waals surface area contributed by atoms with Crippen LogP contribution in [0.2, 0.25) is 5.02 Å². The SMILES string of the molecule is Cn1cc(NC(=O)CN2CCc3onc(-c4ccc(Cl)cc4)c3C2)cn1. The van der Waals surface area contributed by atoms with Gasteiger partial charge in [0.15, 0.2) is 0 Å². The number of carbonyl (C=O) groups excluding carboxylic acids is 1. The molecule has 0 spiro atoms. The van der Waals surface area contributed by atoms with E-state index in [1.54, 1.807) is 17.1 Å². The Kier molecular flexibility index (Phi) is 4.48. The van der Waals surface area contributed by atoms with E-state index in [0.29, 0.717) is 23.8 Å². The molecule has 1 N–H and O–H groups in total. The van der Waals surface area contributed by atoms with E-state index in [0.717, 1.165) is 35.5 Å². The van der Waals surface area contributed by atoms with Gasteiger partial charge in [-0.15, -0.1) is 0 Å². The Labute approximate surface area is 155 Å². The van der Waals surface area contributed by atoms with E-state index in [4.69, 9.17) is 16.1 Å². The molecule has 0 bridgehead atoms. The predicted octanol–water partition coefficient (Wildman–Crippen LogP) is 2.73. The summed E-state index contributed by atoms with van der Waals surface area (Å²) in [5.41, 5.74) is 3.50. The van der Waals surface area contributed by atoms with E-state index in [9.17, 15) is 4.79 Å². The van der Waals surface area contributed by atoms with E-state index in [2.05, 4.69) is 20.5 Å². The lowest BCUT2D eigenvalue weighted by Gasteiger charge is -2.25. The molecule has 1 aliphatic rings. The number of hydrogen-bond donors (Lipinski definition) is 1.